The minimum absolute atomic E-state index is 0.0652. The molecule has 1 aromatic rings. The van der Waals surface area contributed by atoms with Gasteiger partial charge in [0.2, 0.25) is 0 Å². The molecular formula is C12H19N3O3. The van der Waals surface area contributed by atoms with Gasteiger partial charge >= 0.3 is 5.97 Å². The number of aliphatic carboxylic acids is 1. The van der Waals surface area contributed by atoms with Gasteiger partial charge in [-0.05, 0) is 33.8 Å². The van der Waals surface area contributed by atoms with E-state index in [0.29, 0.717) is 5.69 Å². The average Bonchev–Trinajstić information content (AvgIpc) is 2.75. The second kappa shape index (κ2) is 5.20. The second-order valence-corrected chi connectivity index (χ2v) is 5.15. The van der Waals surface area contributed by atoms with Crippen LogP contribution in [0.5, 0.6) is 0 Å². The average molecular weight is 253 g/mol. The van der Waals surface area contributed by atoms with E-state index in [2.05, 4.69) is 10.4 Å². The molecule has 0 atom stereocenters. The number of carbonyl (C=O) groups is 2. The lowest BCUT2D eigenvalue weighted by molar-refractivity contribution is -0.146. The molecule has 0 aliphatic rings. The smallest absolute Gasteiger partial charge is 0.310 e. The summed E-state index contributed by atoms with van der Waals surface area (Å²) < 4.78 is 1.68. The Bertz CT molecular complexity index is 449. The van der Waals surface area contributed by atoms with Crippen molar-refractivity contribution in [3.8, 4) is 0 Å². The highest BCUT2D eigenvalue weighted by molar-refractivity contribution is 5.92. The number of amides is 1. The zero-order valence-electron chi connectivity index (χ0n) is 11.1. The van der Waals surface area contributed by atoms with Crippen molar-refractivity contribution >= 4 is 11.9 Å². The molecule has 0 saturated carbocycles. The molecule has 0 bridgehead atoms. The van der Waals surface area contributed by atoms with E-state index in [1.165, 1.54) is 0 Å². The number of carboxylic acid groups (broad SMARTS) is 1. The van der Waals surface area contributed by atoms with Crippen LogP contribution in [0.15, 0.2) is 12.3 Å². The topological polar surface area (TPSA) is 84.2 Å². The third-order valence-corrected chi connectivity index (χ3v) is 2.64. The molecule has 1 aromatic heterocycles. The minimum atomic E-state index is -0.990. The number of nitrogens with one attached hydrogen (secondary N) is 1. The summed E-state index contributed by atoms with van der Waals surface area (Å²) in [4.78, 5) is 22.7. The van der Waals surface area contributed by atoms with E-state index >= 15 is 0 Å². The van der Waals surface area contributed by atoms with Gasteiger partial charge in [-0.25, -0.2) is 0 Å². The van der Waals surface area contributed by atoms with Crippen molar-refractivity contribution in [3.05, 3.63) is 18.0 Å². The second-order valence-electron chi connectivity index (χ2n) is 5.15. The number of carbonyl (C=O) groups excluding carboxylic acids is 1. The number of aromatic nitrogens is 2. The molecule has 0 aromatic carbocycles. The van der Waals surface area contributed by atoms with Crippen molar-refractivity contribution in [2.24, 2.45) is 5.41 Å². The molecule has 1 heterocycles. The quantitative estimate of drug-likeness (QED) is 0.828. The Morgan fingerprint density at radius 2 is 2.11 bits per heavy atom. The maximum absolute atomic E-state index is 11.8. The summed E-state index contributed by atoms with van der Waals surface area (Å²) in [6.07, 6.45) is 1.72. The molecule has 1 rings (SSSR count). The first kappa shape index (κ1) is 14.2. The summed E-state index contributed by atoms with van der Waals surface area (Å²) in [7, 11) is 0. The van der Waals surface area contributed by atoms with E-state index in [9.17, 15) is 9.59 Å². The lowest BCUT2D eigenvalue weighted by Gasteiger charge is -2.18. The maximum Gasteiger partial charge on any atom is 0.310 e. The molecule has 2 N–H and O–H groups in total. The molecule has 6 heteroatoms. The molecule has 6 nitrogen and oxygen atoms in total. The van der Waals surface area contributed by atoms with E-state index in [0.717, 1.165) is 0 Å². The normalized spacial score (nSPS) is 11.6. The number of hydrogen-bond acceptors (Lipinski definition) is 3. The SMILES string of the molecule is CC(C)n1ccc(C(=O)NCC(C)(C)C(=O)O)n1. The molecule has 100 valence electrons. The Balaban J connectivity index is 2.63. The summed E-state index contributed by atoms with van der Waals surface area (Å²) in [6, 6.07) is 1.80. The van der Waals surface area contributed by atoms with Gasteiger partial charge in [0.05, 0.1) is 5.41 Å². The minimum Gasteiger partial charge on any atom is -0.481 e. The first-order valence-electron chi connectivity index (χ1n) is 5.81. The zero-order valence-corrected chi connectivity index (χ0v) is 11.1. The molecular weight excluding hydrogens is 234 g/mol. The fourth-order valence-corrected chi connectivity index (χ4v) is 1.21. The van der Waals surface area contributed by atoms with Gasteiger partial charge in [-0.2, -0.15) is 5.10 Å². The van der Waals surface area contributed by atoms with Crippen LogP contribution in [0.4, 0.5) is 0 Å². The monoisotopic (exact) mass is 253 g/mol. The van der Waals surface area contributed by atoms with E-state index in [4.69, 9.17) is 5.11 Å². The van der Waals surface area contributed by atoms with Gasteiger partial charge in [-0.1, -0.05) is 0 Å². The molecule has 0 saturated heterocycles. The number of nitrogens with zero attached hydrogens (tertiary/aromatic N) is 2. The van der Waals surface area contributed by atoms with Crippen LogP contribution in [0.2, 0.25) is 0 Å². The van der Waals surface area contributed by atoms with Gasteiger partial charge in [0.1, 0.15) is 5.69 Å². The predicted octanol–water partition coefficient (Wildman–Crippen LogP) is 1.30. The number of carboxylic acids is 1. The summed E-state index contributed by atoms with van der Waals surface area (Å²) in [5.41, 5.74) is -0.694. The maximum atomic E-state index is 11.8. The molecule has 18 heavy (non-hydrogen) atoms. The highest BCUT2D eigenvalue weighted by Gasteiger charge is 2.28. The van der Waals surface area contributed by atoms with Crippen LogP contribution >= 0.6 is 0 Å². The molecule has 0 aliphatic heterocycles. The van der Waals surface area contributed by atoms with E-state index < -0.39 is 11.4 Å². The van der Waals surface area contributed by atoms with Crippen LogP contribution in [0.1, 0.15) is 44.2 Å². The van der Waals surface area contributed by atoms with Crippen molar-refractivity contribution in [2.75, 3.05) is 6.54 Å². The van der Waals surface area contributed by atoms with Crippen molar-refractivity contribution < 1.29 is 14.7 Å². The van der Waals surface area contributed by atoms with E-state index in [1.807, 2.05) is 13.8 Å². The third-order valence-electron chi connectivity index (χ3n) is 2.64. The lowest BCUT2D eigenvalue weighted by atomic mass is 9.94. The Morgan fingerprint density at radius 1 is 1.50 bits per heavy atom. The lowest BCUT2D eigenvalue weighted by Crippen LogP contribution is -2.39. The Hall–Kier alpha value is -1.85. The molecule has 0 unspecified atom stereocenters. The Kier molecular flexibility index (Phi) is 4.11. The standard InChI is InChI=1S/C12H19N3O3/c1-8(2)15-6-5-9(14-15)10(16)13-7-12(3,4)11(17)18/h5-6,8H,7H2,1-4H3,(H,13,16)(H,17,18). The molecule has 1 amide bonds. The van der Waals surface area contributed by atoms with Gasteiger partial charge in [0.15, 0.2) is 0 Å². The zero-order chi connectivity index (χ0) is 13.9. The van der Waals surface area contributed by atoms with Crippen LogP contribution in [0, 0.1) is 5.41 Å². The van der Waals surface area contributed by atoms with Crippen LogP contribution < -0.4 is 5.32 Å². The first-order chi connectivity index (χ1) is 8.24. The van der Waals surface area contributed by atoms with Gasteiger partial charge in [-0.15, -0.1) is 0 Å². The summed E-state index contributed by atoms with van der Waals surface area (Å²) in [5, 5.41) is 15.6. The number of hydrogen-bond donors (Lipinski definition) is 2. The predicted molar refractivity (Wildman–Crippen MR) is 66.4 cm³/mol. The van der Waals surface area contributed by atoms with E-state index in [1.54, 1.807) is 30.8 Å². The molecule has 0 radical (unpaired) electrons. The van der Waals surface area contributed by atoms with Gasteiger partial charge in [-0.3, -0.25) is 14.3 Å². The molecule has 0 aliphatic carbocycles. The fourth-order valence-electron chi connectivity index (χ4n) is 1.21. The highest BCUT2D eigenvalue weighted by Crippen LogP contribution is 2.13. The van der Waals surface area contributed by atoms with Gasteiger partial charge < -0.3 is 10.4 Å². The Morgan fingerprint density at radius 3 is 2.56 bits per heavy atom. The van der Waals surface area contributed by atoms with Crippen LogP contribution in [0.25, 0.3) is 0 Å². The molecule has 0 fully saturated rings. The van der Waals surface area contributed by atoms with Gasteiger partial charge in [0.25, 0.3) is 5.91 Å². The van der Waals surface area contributed by atoms with Crippen molar-refractivity contribution in [1.29, 1.82) is 0 Å². The first-order valence-corrected chi connectivity index (χ1v) is 5.81. The van der Waals surface area contributed by atoms with Gasteiger partial charge in [0, 0.05) is 18.8 Å². The Labute approximate surface area is 106 Å². The highest BCUT2D eigenvalue weighted by atomic mass is 16.4. The van der Waals surface area contributed by atoms with Crippen LogP contribution in [0.3, 0.4) is 0 Å². The molecule has 0 spiro atoms. The summed E-state index contributed by atoms with van der Waals surface area (Å²) >= 11 is 0. The third kappa shape index (κ3) is 3.32. The van der Waals surface area contributed by atoms with E-state index in [-0.39, 0.29) is 18.5 Å². The number of rotatable bonds is 5. The fraction of sp³-hybridized carbons (Fsp3) is 0.583. The summed E-state index contributed by atoms with van der Waals surface area (Å²) in [5.74, 6) is -1.31. The van der Waals surface area contributed by atoms with Crippen molar-refractivity contribution in [3.63, 3.8) is 0 Å². The summed E-state index contributed by atoms with van der Waals surface area (Å²) in [6.45, 7) is 7.10. The van der Waals surface area contributed by atoms with Crippen LogP contribution in [-0.4, -0.2) is 33.3 Å². The van der Waals surface area contributed by atoms with Crippen molar-refractivity contribution in [1.82, 2.24) is 15.1 Å². The van der Waals surface area contributed by atoms with Crippen molar-refractivity contribution in [2.45, 2.75) is 33.7 Å². The largest absolute Gasteiger partial charge is 0.481 e. The van der Waals surface area contributed by atoms with Crippen LogP contribution in [-0.2, 0) is 4.79 Å².